The minimum absolute atomic E-state index is 0.497. The highest BCUT2D eigenvalue weighted by Gasteiger charge is 2.07. The molecule has 0 aliphatic rings. The number of rotatable bonds is 8. The average molecular weight is 299 g/mol. The van der Waals surface area contributed by atoms with E-state index < -0.39 is 0 Å². The molecule has 0 unspecified atom stereocenters. The number of methoxy groups -OCH3 is 1. The van der Waals surface area contributed by atoms with E-state index in [1.807, 2.05) is 18.2 Å². The number of para-hydroxylation sites is 2. The highest BCUT2D eigenvalue weighted by atomic mass is 16.5. The second-order valence-corrected chi connectivity index (χ2v) is 5.54. The lowest BCUT2D eigenvalue weighted by molar-refractivity contribution is 0.146. The fourth-order valence-electron chi connectivity index (χ4n) is 2.38. The van der Waals surface area contributed by atoms with Crippen LogP contribution in [0, 0.1) is 0 Å². The number of hydrogen-bond acceptors (Lipinski definition) is 3. The monoisotopic (exact) mass is 299 g/mol. The summed E-state index contributed by atoms with van der Waals surface area (Å²) < 4.78 is 10.8. The lowest BCUT2D eigenvalue weighted by Gasteiger charge is -2.16. The van der Waals surface area contributed by atoms with Crippen LogP contribution in [0.15, 0.2) is 48.5 Å². The molecule has 0 heterocycles. The summed E-state index contributed by atoms with van der Waals surface area (Å²) in [6, 6.07) is 16.6. The number of hydrogen-bond donors (Lipinski definition) is 1. The molecule has 0 aromatic heterocycles. The Morgan fingerprint density at radius 2 is 1.68 bits per heavy atom. The van der Waals surface area contributed by atoms with E-state index in [0.717, 1.165) is 17.9 Å². The van der Waals surface area contributed by atoms with E-state index >= 15 is 0 Å². The van der Waals surface area contributed by atoms with E-state index in [9.17, 15) is 0 Å². The Hall–Kier alpha value is -2.00. The molecule has 0 amide bonds. The van der Waals surface area contributed by atoms with Gasteiger partial charge in [0, 0.05) is 24.9 Å². The molecule has 3 nitrogen and oxygen atoms in total. The summed E-state index contributed by atoms with van der Waals surface area (Å²) in [4.78, 5) is 0. The molecule has 2 rings (SSSR count). The summed E-state index contributed by atoms with van der Waals surface area (Å²) in [5, 5.41) is 3.53. The molecular weight excluding hydrogens is 274 g/mol. The van der Waals surface area contributed by atoms with Crippen LogP contribution in [0.5, 0.6) is 5.75 Å². The standard InChI is InChI=1S/C19H25NO2/c1-15(2)17-9-5-6-10-18(17)20-14-16-8-4-7-11-19(16)22-13-12-21-3/h4-11,15,20H,12-14H2,1-3H3. The van der Waals surface area contributed by atoms with Gasteiger partial charge in [-0.3, -0.25) is 0 Å². The molecule has 0 fully saturated rings. The van der Waals surface area contributed by atoms with Crippen LogP contribution in [-0.4, -0.2) is 20.3 Å². The van der Waals surface area contributed by atoms with Gasteiger partial charge in [-0.15, -0.1) is 0 Å². The third-order valence-electron chi connectivity index (χ3n) is 3.57. The first-order valence-electron chi connectivity index (χ1n) is 7.74. The lowest BCUT2D eigenvalue weighted by Crippen LogP contribution is -2.08. The van der Waals surface area contributed by atoms with Gasteiger partial charge in [-0.25, -0.2) is 0 Å². The summed E-state index contributed by atoms with van der Waals surface area (Å²) in [7, 11) is 1.68. The summed E-state index contributed by atoms with van der Waals surface area (Å²) >= 11 is 0. The minimum Gasteiger partial charge on any atom is -0.491 e. The average Bonchev–Trinajstić information content (AvgIpc) is 2.54. The van der Waals surface area contributed by atoms with Gasteiger partial charge in [0.15, 0.2) is 0 Å². The van der Waals surface area contributed by atoms with Crippen molar-refractivity contribution in [1.82, 2.24) is 0 Å². The fourth-order valence-corrected chi connectivity index (χ4v) is 2.38. The van der Waals surface area contributed by atoms with Crippen molar-refractivity contribution in [1.29, 1.82) is 0 Å². The van der Waals surface area contributed by atoms with Crippen LogP contribution in [0.3, 0.4) is 0 Å². The lowest BCUT2D eigenvalue weighted by atomic mass is 10.0. The van der Waals surface area contributed by atoms with Gasteiger partial charge in [0.2, 0.25) is 0 Å². The van der Waals surface area contributed by atoms with Crippen LogP contribution in [-0.2, 0) is 11.3 Å². The zero-order valence-corrected chi connectivity index (χ0v) is 13.6. The molecule has 118 valence electrons. The van der Waals surface area contributed by atoms with Crippen molar-refractivity contribution in [3.05, 3.63) is 59.7 Å². The Balaban J connectivity index is 2.05. The largest absolute Gasteiger partial charge is 0.491 e. The maximum absolute atomic E-state index is 5.78. The van der Waals surface area contributed by atoms with Gasteiger partial charge in [-0.1, -0.05) is 50.2 Å². The van der Waals surface area contributed by atoms with Gasteiger partial charge in [0.25, 0.3) is 0 Å². The van der Waals surface area contributed by atoms with Crippen molar-refractivity contribution in [2.75, 3.05) is 25.6 Å². The van der Waals surface area contributed by atoms with E-state index in [1.165, 1.54) is 11.3 Å². The quantitative estimate of drug-likeness (QED) is 0.731. The SMILES string of the molecule is COCCOc1ccccc1CNc1ccccc1C(C)C. The molecule has 22 heavy (non-hydrogen) atoms. The van der Waals surface area contributed by atoms with Crippen LogP contribution in [0.25, 0.3) is 0 Å². The van der Waals surface area contributed by atoms with Gasteiger partial charge in [0.1, 0.15) is 12.4 Å². The molecule has 2 aromatic rings. The summed E-state index contributed by atoms with van der Waals surface area (Å²) in [5.74, 6) is 1.41. The maximum Gasteiger partial charge on any atom is 0.124 e. The zero-order chi connectivity index (χ0) is 15.8. The number of ether oxygens (including phenoxy) is 2. The normalized spacial score (nSPS) is 10.7. The third-order valence-corrected chi connectivity index (χ3v) is 3.57. The van der Waals surface area contributed by atoms with Crippen LogP contribution in [0.1, 0.15) is 30.9 Å². The molecule has 0 spiro atoms. The Kier molecular flexibility index (Phi) is 6.28. The van der Waals surface area contributed by atoms with Crippen LogP contribution in [0.2, 0.25) is 0 Å². The maximum atomic E-state index is 5.78. The van der Waals surface area contributed by atoms with Gasteiger partial charge in [-0.05, 0) is 23.6 Å². The third kappa shape index (κ3) is 4.50. The van der Waals surface area contributed by atoms with Crippen molar-refractivity contribution in [3.63, 3.8) is 0 Å². The summed E-state index contributed by atoms with van der Waals surface area (Å²) in [6.45, 7) is 6.32. The Morgan fingerprint density at radius 1 is 0.955 bits per heavy atom. The number of benzene rings is 2. The van der Waals surface area contributed by atoms with E-state index in [-0.39, 0.29) is 0 Å². The van der Waals surface area contributed by atoms with Gasteiger partial charge in [0.05, 0.1) is 6.61 Å². The molecule has 0 saturated carbocycles. The van der Waals surface area contributed by atoms with Crippen molar-refractivity contribution in [2.24, 2.45) is 0 Å². The molecule has 1 N–H and O–H groups in total. The Labute approximate surface area is 133 Å². The van der Waals surface area contributed by atoms with Gasteiger partial charge in [-0.2, -0.15) is 0 Å². The van der Waals surface area contributed by atoms with Crippen molar-refractivity contribution in [3.8, 4) is 5.75 Å². The highest BCUT2D eigenvalue weighted by Crippen LogP contribution is 2.25. The first-order valence-corrected chi connectivity index (χ1v) is 7.74. The number of anilines is 1. The van der Waals surface area contributed by atoms with Gasteiger partial charge < -0.3 is 14.8 Å². The first-order chi connectivity index (χ1) is 10.7. The second-order valence-electron chi connectivity index (χ2n) is 5.54. The van der Waals surface area contributed by atoms with Crippen LogP contribution >= 0.6 is 0 Å². The molecule has 0 bridgehead atoms. The second kappa shape index (κ2) is 8.44. The van der Waals surface area contributed by atoms with Crippen LogP contribution < -0.4 is 10.1 Å². The van der Waals surface area contributed by atoms with E-state index in [1.54, 1.807) is 7.11 Å². The summed E-state index contributed by atoms with van der Waals surface area (Å²) in [6.07, 6.45) is 0. The molecule has 2 aromatic carbocycles. The molecular formula is C19H25NO2. The molecule has 0 aliphatic carbocycles. The molecule has 0 atom stereocenters. The smallest absolute Gasteiger partial charge is 0.124 e. The van der Waals surface area contributed by atoms with Crippen molar-refractivity contribution < 1.29 is 9.47 Å². The first kappa shape index (κ1) is 16.4. The van der Waals surface area contributed by atoms with E-state index in [2.05, 4.69) is 49.5 Å². The van der Waals surface area contributed by atoms with Crippen molar-refractivity contribution >= 4 is 5.69 Å². The topological polar surface area (TPSA) is 30.5 Å². The predicted molar refractivity (Wildman–Crippen MR) is 91.7 cm³/mol. The molecule has 0 aliphatic heterocycles. The van der Waals surface area contributed by atoms with Crippen LogP contribution in [0.4, 0.5) is 5.69 Å². The van der Waals surface area contributed by atoms with E-state index in [4.69, 9.17) is 9.47 Å². The highest BCUT2D eigenvalue weighted by molar-refractivity contribution is 5.53. The summed E-state index contributed by atoms with van der Waals surface area (Å²) in [5.41, 5.74) is 3.67. The van der Waals surface area contributed by atoms with Gasteiger partial charge >= 0.3 is 0 Å². The van der Waals surface area contributed by atoms with E-state index in [0.29, 0.717) is 19.1 Å². The molecule has 0 radical (unpaired) electrons. The molecule has 0 saturated heterocycles. The Morgan fingerprint density at radius 3 is 2.45 bits per heavy atom. The predicted octanol–water partition coefficient (Wildman–Crippen LogP) is 4.45. The molecule has 3 heteroatoms. The minimum atomic E-state index is 0.497. The number of nitrogens with one attached hydrogen (secondary N) is 1. The van der Waals surface area contributed by atoms with Crippen molar-refractivity contribution in [2.45, 2.75) is 26.3 Å². The fraction of sp³-hybridized carbons (Fsp3) is 0.368. The zero-order valence-electron chi connectivity index (χ0n) is 13.6. The Bertz CT molecular complexity index is 581.